The second-order valence-electron chi connectivity index (χ2n) is 4.96. The second kappa shape index (κ2) is 3.95. The average Bonchev–Trinajstić information content (AvgIpc) is 2.90. The van der Waals surface area contributed by atoms with Crippen molar-refractivity contribution in [1.29, 1.82) is 0 Å². The molecule has 0 saturated heterocycles. The summed E-state index contributed by atoms with van der Waals surface area (Å²) in [7, 11) is 0. The topological polar surface area (TPSA) is 52.3 Å². The zero-order valence-electron chi connectivity index (χ0n) is 11.2. The smallest absolute Gasteiger partial charge is 0.344 e. The van der Waals surface area contributed by atoms with E-state index in [0.717, 1.165) is 17.5 Å². The molecule has 1 aliphatic heterocycles. The van der Waals surface area contributed by atoms with Gasteiger partial charge in [0.05, 0.1) is 0 Å². The molecule has 0 fully saturated rings. The fraction of sp³-hybridized carbons (Fsp3) is 0.333. The van der Waals surface area contributed by atoms with Gasteiger partial charge in [-0.25, -0.2) is 9.78 Å². The Morgan fingerprint density at radius 1 is 1.32 bits per heavy atom. The molecule has 1 unspecified atom stereocenters. The molecule has 1 aromatic heterocycles. The van der Waals surface area contributed by atoms with E-state index in [1.54, 1.807) is 0 Å². The van der Waals surface area contributed by atoms with Crippen LogP contribution in [0, 0.1) is 0 Å². The van der Waals surface area contributed by atoms with Crippen molar-refractivity contribution < 1.29 is 13.9 Å². The lowest BCUT2D eigenvalue weighted by Gasteiger charge is -2.22. The first kappa shape index (κ1) is 12.0. The number of aromatic nitrogens is 1. The molecule has 19 heavy (non-hydrogen) atoms. The lowest BCUT2D eigenvalue weighted by Crippen LogP contribution is -2.25. The number of cyclic esters (lactones) is 1. The summed E-state index contributed by atoms with van der Waals surface area (Å²) in [5, 5.41) is 0. The normalized spacial score (nSPS) is 23.2. The van der Waals surface area contributed by atoms with E-state index in [0.29, 0.717) is 17.0 Å². The van der Waals surface area contributed by atoms with Crippen molar-refractivity contribution in [1.82, 2.24) is 4.98 Å². The Hall–Kier alpha value is -2.10. The number of nitrogens with zero attached hydrogens (tertiary/aromatic N) is 1. The van der Waals surface area contributed by atoms with E-state index in [1.807, 2.05) is 45.0 Å². The Morgan fingerprint density at radius 2 is 2.05 bits per heavy atom. The molecule has 0 spiro atoms. The van der Waals surface area contributed by atoms with Crippen LogP contribution in [0.5, 0.6) is 0 Å². The van der Waals surface area contributed by atoms with Gasteiger partial charge in [-0.2, -0.15) is 0 Å². The summed E-state index contributed by atoms with van der Waals surface area (Å²) < 4.78 is 11.1. The zero-order valence-corrected chi connectivity index (χ0v) is 11.2. The third-order valence-corrected chi connectivity index (χ3v) is 3.87. The molecule has 4 nitrogen and oxygen atoms in total. The van der Waals surface area contributed by atoms with Crippen LogP contribution in [0.3, 0.4) is 0 Å². The summed E-state index contributed by atoms with van der Waals surface area (Å²) in [6.45, 7) is 5.81. The zero-order chi connectivity index (χ0) is 13.6. The minimum absolute atomic E-state index is 0.348. The molecule has 0 radical (unpaired) electrons. The van der Waals surface area contributed by atoms with Gasteiger partial charge < -0.3 is 9.15 Å². The van der Waals surface area contributed by atoms with Gasteiger partial charge in [0.2, 0.25) is 5.89 Å². The van der Waals surface area contributed by atoms with Gasteiger partial charge in [0, 0.05) is 0 Å². The lowest BCUT2D eigenvalue weighted by atomic mass is 9.93. The quantitative estimate of drug-likeness (QED) is 0.774. The molecule has 1 aliphatic rings. The maximum absolute atomic E-state index is 12.1. The number of hydrogen-bond donors (Lipinski definition) is 0. The molecule has 2 aromatic rings. The third-order valence-electron chi connectivity index (χ3n) is 3.87. The molecule has 3 rings (SSSR count). The van der Waals surface area contributed by atoms with Crippen LogP contribution < -0.4 is 0 Å². The monoisotopic (exact) mass is 257 g/mol. The van der Waals surface area contributed by atoms with Crippen LogP contribution in [0.2, 0.25) is 0 Å². The number of esters is 1. The first-order valence-corrected chi connectivity index (χ1v) is 6.36. The van der Waals surface area contributed by atoms with E-state index in [2.05, 4.69) is 4.98 Å². The first-order chi connectivity index (χ1) is 9.05. The number of para-hydroxylation sites is 2. The lowest BCUT2D eigenvalue weighted by molar-refractivity contribution is -0.144. The second-order valence-corrected chi connectivity index (χ2v) is 4.96. The van der Waals surface area contributed by atoms with Crippen molar-refractivity contribution in [3.63, 3.8) is 0 Å². The highest BCUT2D eigenvalue weighted by molar-refractivity contribution is 6.19. The molecule has 0 aliphatic carbocycles. The van der Waals surface area contributed by atoms with Crippen molar-refractivity contribution >= 4 is 22.6 Å². The Morgan fingerprint density at radius 3 is 2.68 bits per heavy atom. The van der Waals surface area contributed by atoms with Gasteiger partial charge in [0.15, 0.2) is 5.58 Å². The predicted molar refractivity (Wildman–Crippen MR) is 71.4 cm³/mol. The molecule has 1 atom stereocenters. The van der Waals surface area contributed by atoms with Gasteiger partial charge in [-0.05, 0) is 38.0 Å². The van der Waals surface area contributed by atoms with E-state index < -0.39 is 5.60 Å². The number of carbonyl (C=O) groups excluding carboxylic acids is 1. The van der Waals surface area contributed by atoms with Crippen LogP contribution in [0.25, 0.3) is 16.7 Å². The van der Waals surface area contributed by atoms with Crippen LogP contribution in [0.4, 0.5) is 0 Å². The van der Waals surface area contributed by atoms with Gasteiger partial charge in [0.1, 0.15) is 16.7 Å². The maximum Gasteiger partial charge on any atom is 0.344 e. The van der Waals surface area contributed by atoms with Crippen LogP contribution in [-0.4, -0.2) is 16.6 Å². The SMILES string of the molecule is CCC1(C)OC(=O)C(c2nc3ccccc3o2)=C1C. The maximum atomic E-state index is 12.1. The molecule has 0 N–H and O–H groups in total. The van der Waals surface area contributed by atoms with E-state index in [9.17, 15) is 4.79 Å². The van der Waals surface area contributed by atoms with E-state index >= 15 is 0 Å². The number of benzene rings is 1. The van der Waals surface area contributed by atoms with Gasteiger partial charge in [-0.1, -0.05) is 19.1 Å². The van der Waals surface area contributed by atoms with E-state index in [-0.39, 0.29) is 5.97 Å². The minimum atomic E-state index is -0.549. The Labute approximate surface area is 111 Å². The summed E-state index contributed by atoms with van der Waals surface area (Å²) in [4.78, 5) is 16.4. The number of ether oxygens (including phenoxy) is 1. The molecule has 0 amide bonds. The summed E-state index contributed by atoms with van der Waals surface area (Å²) in [5.41, 5.74) is 2.21. The molecule has 0 saturated carbocycles. The number of hydrogen-bond acceptors (Lipinski definition) is 4. The van der Waals surface area contributed by atoms with Crippen molar-refractivity contribution in [2.45, 2.75) is 32.8 Å². The highest BCUT2D eigenvalue weighted by Gasteiger charge is 2.42. The fourth-order valence-corrected chi connectivity index (χ4v) is 2.31. The van der Waals surface area contributed by atoms with Crippen LogP contribution in [0.1, 0.15) is 33.1 Å². The largest absolute Gasteiger partial charge is 0.451 e. The fourth-order valence-electron chi connectivity index (χ4n) is 2.31. The van der Waals surface area contributed by atoms with Gasteiger partial charge >= 0.3 is 5.97 Å². The molecule has 0 bridgehead atoms. The molecular formula is C15H15NO3. The van der Waals surface area contributed by atoms with Crippen LogP contribution in [-0.2, 0) is 9.53 Å². The molecule has 4 heteroatoms. The third kappa shape index (κ3) is 1.67. The van der Waals surface area contributed by atoms with Crippen molar-refractivity contribution in [3.8, 4) is 0 Å². The van der Waals surface area contributed by atoms with Gasteiger partial charge in [-0.15, -0.1) is 0 Å². The summed E-state index contributed by atoms with van der Waals surface area (Å²) >= 11 is 0. The van der Waals surface area contributed by atoms with E-state index in [4.69, 9.17) is 9.15 Å². The molecule has 98 valence electrons. The van der Waals surface area contributed by atoms with Crippen molar-refractivity contribution in [3.05, 3.63) is 35.7 Å². The summed E-state index contributed by atoms with van der Waals surface area (Å²) in [6.07, 6.45) is 0.730. The van der Waals surface area contributed by atoms with Crippen molar-refractivity contribution in [2.24, 2.45) is 0 Å². The standard InChI is InChI=1S/C15H15NO3/c1-4-15(3)9(2)12(14(17)19-15)13-16-10-7-5-6-8-11(10)18-13/h5-8H,4H2,1-3H3. The Balaban J connectivity index is 2.17. The van der Waals surface area contributed by atoms with Gasteiger partial charge in [-0.3, -0.25) is 0 Å². The Kier molecular flexibility index (Phi) is 2.49. The van der Waals surface area contributed by atoms with Crippen LogP contribution >= 0.6 is 0 Å². The number of fused-ring (bicyclic) bond motifs is 1. The van der Waals surface area contributed by atoms with Crippen molar-refractivity contribution in [2.75, 3.05) is 0 Å². The first-order valence-electron chi connectivity index (χ1n) is 6.36. The number of oxazole rings is 1. The summed E-state index contributed by atoms with van der Waals surface area (Å²) in [6, 6.07) is 7.46. The van der Waals surface area contributed by atoms with Crippen LogP contribution in [0.15, 0.2) is 34.3 Å². The van der Waals surface area contributed by atoms with Gasteiger partial charge in [0.25, 0.3) is 0 Å². The Bertz CT molecular complexity index is 665. The summed E-state index contributed by atoms with van der Waals surface area (Å²) in [5.74, 6) is -0.00530. The molecular weight excluding hydrogens is 242 g/mol. The number of rotatable bonds is 2. The minimum Gasteiger partial charge on any atom is -0.451 e. The van der Waals surface area contributed by atoms with E-state index in [1.165, 1.54) is 0 Å². The molecule has 2 heterocycles. The highest BCUT2D eigenvalue weighted by Crippen LogP contribution is 2.39. The highest BCUT2D eigenvalue weighted by atomic mass is 16.6. The number of carbonyl (C=O) groups is 1. The molecule has 1 aromatic carbocycles. The average molecular weight is 257 g/mol. The predicted octanol–water partition coefficient (Wildman–Crippen LogP) is 3.33.